The van der Waals surface area contributed by atoms with E-state index < -0.39 is 0 Å². The van der Waals surface area contributed by atoms with Gasteiger partial charge >= 0.3 is 0 Å². The number of benzene rings is 1. The van der Waals surface area contributed by atoms with Crippen LogP contribution in [-0.2, 0) is 0 Å². The molecule has 2 N–H and O–H groups in total. The second-order valence-electron chi connectivity index (χ2n) is 6.24. The lowest BCUT2D eigenvalue weighted by atomic mass is 9.99. The largest absolute Gasteiger partial charge is 0.396 e. The van der Waals surface area contributed by atoms with E-state index in [0.717, 1.165) is 38.9 Å². The summed E-state index contributed by atoms with van der Waals surface area (Å²) in [6.07, 6.45) is 3.13. The molecule has 5 nitrogen and oxygen atoms in total. The molecule has 1 aliphatic heterocycles. The molecule has 0 saturated carbocycles. The van der Waals surface area contributed by atoms with Crippen molar-refractivity contribution in [2.75, 3.05) is 32.8 Å². The van der Waals surface area contributed by atoms with Crippen molar-refractivity contribution >= 4 is 11.7 Å². The highest BCUT2D eigenvalue weighted by atomic mass is 16.3. The van der Waals surface area contributed by atoms with Crippen molar-refractivity contribution < 1.29 is 14.7 Å². The molecular weight excluding hydrogens is 292 g/mol. The van der Waals surface area contributed by atoms with E-state index in [0.29, 0.717) is 23.6 Å². The zero-order valence-corrected chi connectivity index (χ0v) is 13.8. The van der Waals surface area contributed by atoms with Crippen LogP contribution in [0, 0.1) is 5.92 Å². The predicted octanol–water partition coefficient (Wildman–Crippen LogP) is 1.71. The maximum atomic E-state index is 12.1. The number of ketones is 1. The molecule has 0 unspecified atom stereocenters. The molecule has 1 aliphatic rings. The first-order chi connectivity index (χ1) is 11.1. The molecular formula is C18H26N2O3. The van der Waals surface area contributed by atoms with Crippen molar-refractivity contribution in [1.29, 1.82) is 0 Å². The van der Waals surface area contributed by atoms with Gasteiger partial charge in [-0.2, -0.15) is 0 Å². The summed E-state index contributed by atoms with van der Waals surface area (Å²) >= 11 is 0. The van der Waals surface area contributed by atoms with Crippen molar-refractivity contribution in [2.45, 2.75) is 26.2 Å². The summed E-state index contributed by atoms with van der Waals surface area (Å²) in [6, 6.07) is 6.80. The number of amides is 1. The highest BCUT2D eigenvalue weighted by Crippen LogP contribution is 2.15. The van der Waals surface area contributed by atoms with Crippen LogP contribution in [0.4, 0.5) is 0 Å². The number of Topliss-reactive ketones (excluding diaryl/α,β-unsaturated/α-hetero) is 1. The molecule has 1 amide bonds. The number of hydrogen-bond acceptors (Lipinski definition) is 4. The van der Waals surface area contributed by atoms with Gasteiger partial charge in [-0.05, 0) is 57.3 Å². The minimum Gasteiger partial charge on any atom is -0.396 e. The van der Waals surface area contributed by atoms with E-state index in [-0.39, 0.29) is 18.3 Å². The van der Waals surface area contributed by atoms with Crippen molar-refractivity contribution in [1.82, 2.24) is 10.2 Å². The smallest absolute Gasteiger partial charge is 0.251 e. The molecule has 1 aromatic carbocycles. The zero-order chi connectivity index (χ0) is 16.7. The first-order valence-electron chi connectivity index (χ1n) is 8.32. The summed E-state index contributed by atoms with van der Waals surface area (Å²) in [5, 5.41) is 12.1. The lowest BCUT2D eigenvalue weighted by Gasteiger charge is -2.31. The molecule has 126 valence electrons. The minimum atomic E-state index is -0.139. The van der Waals surface area contributed by atoms with Crippen LogP contribution in [0.3, 0.4) is 0 Å². The van der Waals surface area contributed by atoms with Gasteiger partial charge in [0.05, 0.1) is 0 Å². The zero-order valence-electron chi connectivity index (χ0n) is 13.8. The summed E-state index contributed by atoms with van der Waals surface area (Å²) in [7, 11) is 0. The van der Waals surface area contributed by atoms with Gasteiger partial charge in [-0.15, -0.1) is 0 Å². The average Bonchev–Trinajstić information content (AvgIpc) is 2.58. The van der Waals surface area contributed by atoms with E-state index in [2.05, 4.69) is 10.2 Å². The first-order valence-corrected chi connectivity index (χ1v) is 8.32. The Morgan fingerprint density at radius 3 is 2.87 bits per heavy atom. The van der Waals surface area contributed by atoms with Gasteiger partial charge in [0.15, 0.2) is 5.78 Å². The molecule has 5 heteroatoms. The van der Waals surface area contributed by atoms with E-state index in [1.165, 1.54) is 6.92 Å². The second kappa shape index (κ2) is 8.79. The molecule has 1 fully saturated rings. The molecule has 0 radical (unpaired) electrons. The maximum absolute atomic E-state index is 12.1. The van der Waals surface area contributed by atoms with Crippen LogP contribution in [0.2, 0.25) is 0 Å². The lowest BCUT2D eigenvalue weighted by molar-refractivity contribution is 0.0946. The molecule has 1 aromatic rings. The number of aliphatic hydroxyl groups excluding tert-OH is 1. The quantitative estimate of drug-likeness (QED) is 0.593. The Balaban J connectivity index is 1.72. The maximum Gasteiger partial charge on any atom is 0.251 e. The number of hydrogen-bond donors (Lipinski definition) is 2. The topological polar surface area (TPSA) is 69.6 Å². The van der Waals surface area contributed by atoms with Gasteiger partial charge in [0.25, 0.3) is 5.91 Å². The van der Waals surface area contributed by atoms with Crippen molar-refractivity contribution in [3.63, 3.8) is 0 Å². The Morgan fingerprint density at radius 2 is 2.13 bits per heavy atom. The van der Waals surface area contributed by atoms with Gasteiger partial charge in [-0.3, -0.25) is 9.59 Å². The monoisotopic (exact) mass is 318 g/mol. The predicted molar refractivity (Wildman–Crippen MR) is 89.6 cm³/mol. The molecule has 1 heterocycles. The van der Waals surface area contributed by atoms with Crippen LogP contribution < -0.4 is 5.32 Å². The summed E-state index contributed by atoms with van der Waals surface area (Å²) < 4.78 is 0. The third-order valence-electron chi connectivity index (χ3n) is 4.33. The number of rotatable bonds is 7. The number of likely N-dealkylation sites (tertiary alicyclic amines) is 1. The Bertz CT molecular complexity index is 545. The van der Waals surface area contributed by atoms with Crippen molar-refractivity contribution in [2.24, 2.45) is 5.92 Å². The SMILES string of the molecule is CC(=O)c1cccc(C(=O)NCCCN2CCC[C@H](CO)C2)c1. The summed E-state index contributed by atoms with van der Waals surface area (Å²) in [5.74, 6) is 0.218. The fourth-order valence-electron chi connectivity index (χ4n) is 2.99. The fourth-order valence-corrected chi connectivity index (χ4v) is 2.99. The van der Waals surface area contributed by atoms with Crippen LogP contribution in [-0.4, -0.2) is 54.5 Å². The van der Waals surface area contributed by atoms with Crippen LogP contribution in [0.1, 0.15) is 46.9 Å². The van der Waals surface area contributed by atoms with Crippen molar-refractivity contribution in [3.05, 3.63) is 35.4 Å². The molecule has 0 aromatic heterocycles. The number of nitrogens with zero attached hydrogens (tertiary/aromatic N) is 1. The van der Waals surface area contributed by atoms with Crippen LogP contribution in [0.15, 0.2) is 24.3 Å². The third-order valence-corrected chi connectivity index (χ3v) is 4.33. The van der Waals surface area contributed by atoms with Gasteiger partial charge in [-0.1, -0.05) is 12.1 Å². The standard InChI is InChI=1S/C18H26N2O3/c1-14(22)16-6-2-7-17(11-16)18(23)19-8-4-10-20-9-3-5-15(12-20)13-21/h2,6-7,11,15,21H,3-5,8-10,12-13H2,1H3,(H,19,23)/t15-/m0/s1. The Morgan fingerprint density at radius 1 is 1.35 bits per heavy atom. The van der Waals surface area contributed by atoms with E-state index in [9.17, 15) is 14.7 Å². The van der Waals surface area contributed by atoms with E-state index in [1.54, 1.807) is 24.3 Å². The number of nitrogens with one attached hydrogen (secondary N) is 1. The molecule has 2 rings (SSSR count). The Hall–Kier alpha value is -1.72. The van der Waals surface area contributed by atoms with Crippen molar-refractivity contribution in [3.8, 4) is 0 Å². The van der Waals surface area contributed by atoms with Gasteiger partial charge < -0.3 is 15.3 Å². The first kappa shape index (κ1) is 17.6. The minimum absolute atomic E-state index is 0.0387. The molecule has 0 aliphatic carbocycles. The molecule has 1 saturated heterocycles. The van der Waals surface area contributed by atoms with Crippen LogP contribution in [0.25, 0.3) is 0 Å². The third kappa shape index (κ3) is 5.44. The average molecular weight is 318 g/mol. The van der Waals surface area contributed by atoms with Crippen LogP contribution >= 0.6 is 0 Å². The number of carbonyl (C=O) groups excluding carboxylic acids is 2. The molecule has 0 bridgehead atoms. The number of aliphatic hydroxyl groups is 1. The molecule has 0 spiro atoms. The molecule has 1 atom stereocenters. The number of piperidine rings is 1. The van der Waals surface area contributed by atoms with Gasteiger partial charge in [0, 0.05) is 30.8 Å². The van der Waals surface area contributed by atoms with E-state index in [1.807, 2.05) is 0 Å². The Kier molecular flexibility index (Phi) is 6.74. The molecule has 23 heavy (non-hydrogen) atoms. The highest BCUT2D eigenvalue weighted by molar-refractivity contribution is 5.99. The summed E-state index contributed by atoms with van der Waals surface area (Å²) in [5.41, 5.74) is 1.08. The lowest BCUT2D eigenvalue weighted by Crippen LogP contribution is -2.38. The van der Waals surface area contributed by atoms with Gasteiger partial charge in [-0.25, -0.2) is 0 Å². The normalized spacial score (nSPS) is 18.6. The summed E-state index contributed by atoms with van der Waals surface area (Å²) in [4.78, 5) is 25.8. The van der Waals surface area contributed by atoms with Gasteiger partial charge in [0.2, 0.25) is 0 Å². The van der Waals surface area contributed by atoms with E-state index in [4.69, 9.17) is 0 Å². The Labute approximate surface area is 137 Å². The second-order valence-corrected chi connectivity index (χ2v) is 6.24. The van der Waals surface area contributed by atoms with E-state index >= 15 is 0 Å². The highest BCUT2D eigenvalue weighted by Gasteiger charge is 2.18. The number of carbonyl (C=O) groups is 2. The summed E-state index contributed by atoms with van der Waals surface area (Å²) in [6.45, 7) is 5.33. The van der Waals surface area contributed by atoms with Crippen LogP contribution in [0.5, 0.6) is 0 Å². The fraction of sp³-hybridized carbons (Fsp3) is 0.556. The van der Waals surface area contributed by atoms with Gasteiger partial charge in [0.1, 0.15) is 0 Å².